The van der Waals surface area contributed by atoms with Gasteiger partial charge in [0.1, 0.15) is 0 Å². The minimum absolute atomic E-state index is 0.226. The Kier molecular flexibility index (Phi) is 5.37. The number of carbonyl (C=O) groups is 1. The number of carbonyl (C=O) groups excluding carboxylic acids is 1. The molecule has 0 spiro atoms. The highest BCUT2D eigenvalue weighted by atomic mass is 16.2. The predicted octanol–water partition coefficient (Wildman–Crippen LogP) is 3.43. The molecule has 0 saturated carbocycles. The van der Waals surface area contributed by atoms with Gasteiger partial charge in [0.25, 0.3) is 5.91 Å². The second kappa shape index (κ2) is 8.25. The standard InChI is InChI=1S/C22H25N5O/c1-17-6-5-13-26(15-17)19-11-9-18(10-12-19)14-23-22(28)21-16-27(25-24-21)20-7-3-2-4-8-20/h2-4,7-12,16-17H,5-6,13-15H2,1H3,(H,23,28)/t17-/m1/s1. The summed E-state index contributed by atoms with van der Waals surface area (Å²) < 4.78 is 1.60. The molecule has 6 heteroatoms. The van der Waals surface area contributed by atoms with Crippen LogP contribution in [-0.4, -0.2) is 34.0 Å². The summed E-state index contributed by atoms with van der Waals surface area (Å²) in [5, 5.41) is 10.9. The van der Waals surface area contributed by atoms with E-state index in [4.69, 9.17) is 0 Å². The Morgan fingerprint density at radius 3 is 2.64 bits per heavy atom. The number of piperidine rings is 1. The summed E-state index contributed by atoms with van der Waals surface area (Å²) in [7, 11) is 0. The van der Waals surface area contributed by atoms with Gasteiger partial charge >= 0.3 is 0 Å². The SMILES string of the molecule is C[C@@H]1CCCN(c2ccc(CNC(=O)c3cn(-c4ccccc4)nn3)cc2)C1. The number of hydrogen-bond donors (Lipinski definition) is 1. The molecule has 1 aliphatic heterocycles. The molecule has 1 aromatic heterocycles. The summed E-state index contributed by atoms with van der Waals surface area (Å²) in [5.41, 5.74) is 3.50. The fourth-order valence-corrected chi connectivity index (χ4v) is 3.60. The van der Waals surface area contributed by atoms with Crippen LogP contribution >= 0.6 is 0 Å². The van der Waals surface area contributed by atoms with E-state index >= 15 is 0 Å². The minimum atomic E-state index is -0.226. The van der Waals surface area contributed by atoms with E-state index in [9.17, 15) is 4.79 Å². The number of benzene rings is 2. The smallest absolute Gasteiger partial charge is 0.273 e. The zero-order valence-corrected chi connectivity index (χ0v) is 16.1. The number of hydrogen-bond acceptors (Lipinski definition) is 4. The van der Waals surface area contributed by atoms with E-state index in [-0.39, 0.29) is 5.91 Å². The average Bonchev–Trinajstić information content (AvgIpc) is 3.23. The van der Waals surface area contributed by atoms with Crippen molar-refractivity contribution in [2.75, 3.05) is 18.0 Å². The molecule has 1 aliphatic rings. The van der Waals surface area contributed by atoms with Crippen LogP contribution in [0.4, 0.5) is 5.69 Å². The van der Waals surface area contributed by atoms with Crippen molar-refractivity contribution in [2.45, 2.75) is 26.3 Å². The normalized spacial score (nSPS) is 16.8. The molecule has 144 valence electrons. The second-order valence-electron chi connectivity index (χ2n) is 7.43. The highest BCUT2D eigenvalue weighted by molar-refractivity contribution is 5.91. The number of anilines is 1. The first-order chi connectivity index (χ1) is 13.7. The molecular formula is C22H25N5O. The van der Waals surface area contributed by atoms with Crippen LogP contribution in [0.2, 0.25) is 0 Å². The quantitative estimate of drug-likeness (QED) is 0.742. The fraction of sp³-hybridized carbons (Fsp3) is 0.318. The Bertz CT molecular complexity index is 920. The lowest BCUT2D eigenvalue weighted by molar-refractivity contribution is 0.0946. The minimum Gasteiger partial charge on any atom is -0.371 e. The third kappa shape index (κ3) is 4.22. The lowest BCUT2D eigenvalue weighted by Gasteiger charge is -2.32. The van der Waals surface area contributed by atoms with Gasteiger partial charge in [0, 0.05) is 25.3 Å². The molecule has 0 radical (unpaired) electrons. The van der Waals surface area contributed by atoms with Crippen molar-refractivity contribution in [1.29, 1.82) is 0 Å². The number of amides is 1. The first-order valence-electron chi connectivity index (χ1n) is 9.79. The maximum atomic E-state index is 12.4. The maximum Gasteiger partial charge on any atom is 0.273 e. The van der Waals surface area contributed by atoms with Gasteiger partial charge in [-0.3, -0.25) is 4.79 Å². The van der Waals surface area contributed by atoms with E-state index in [2.05, 4.69) is 51.7 Å². The summed E-state index contributed by atoms with van der Waals surface area (Å²) in [4.78, 5) is 14.8. The molecule has 0 aliphatic carbocycles. The van der Waals surface area contributed by atoms with E-state index < -0.39 is 0 Å². The average molecular weight is 375 g/mol. The van der Waals surface area contributed by atoms with Gasteiger partial charge < -0.3 is 10.2 Å². The van der Waals surface area contributed by atoms with Crippen LogP contribution in [0.25, 0.3) is 5.69 Å². The zero-order valence-electron chi connectivity index (χ0n) is 16.1. The molecule has 1 saturated heterocycles. The molecule has 3 aromatic rings. The van der Waals surface area contributed by atoms with Crippen LogP contribution < -0.4 is 10.2 Å². The second-order valence-corrected chi connectivity index (χ2v) is 7.43. The van der Waals surface area contributed by atoms with Crippen molar-refractivity contribution in [1.82, 2.24) is 20.3 Å². The van der Waals surface area contributed by atoms with Crippen LogP contribution in [0.1, 0.15) is 35.8 Å². The molecule has 0 bridgehead atoms. The summed E-state index contributed by atoms with van der Waals surface area (Å²) in [6.07, 6.45) is 4.21. The van der Waals surface area contributed by atoms with Crippen LogP contribution in [0, 0.1) is 5.92 Å². The Hall–Kier alpha value is -3.15. The van der Waals surface area contributed by atoms with E-state index in [1.54, 1.807) is 10.9 Å². The van der Waals surface area contributed by atoms with Gasteiger partial charge in [-0.15, -0.1) is 5.10 Å². The van der Waals surface area contributed by atoms with Crippen molar-refractivity contribution >= 4 is 11.6 Å². The molecule has 1 N–H and O–H groups in total. The van der Waals surface area contributed by atoms with E-state index in [0.717, 1.165) is 30.3 Å². The van der Waals surface area contributed by atoms with Crippen molar-refractivity contribution in [3.8, 4) is 5.69 Å². The Labute approximate surface area is 165 Å². The molecule has 2 aromatic carbocycles. The van der Waals surface area contributed by atoms with Gasteiger partial charge in [-0.1, -0.05) is 42.5 Å². The summed E-state index contributed by atoms with van der Waals surface area (Å²) in [6.45, 7) is 5.02. The van der Waals surface area contributed by atoms with Gasteiger partial charge in [-0.2, -0.15) is 0 Å². The molecule has 1 fully saturated rings. The molecule has 2 heterocycles. The number of rotatable bonds is 5. The highest BCUT2D eigenvalue weighted by Gasteiger charge is 2.16. The van der Waals surface area contributed by atoms with E-state index in [1.807, 2.05) is 30.3 Å². The van der Waals surface area contributed by atoms with Crippen molar-refractivity contribution in [3.63, 3.8) is 0 Å². The van der Waals surface area contributed by atoms with Gasteiger partial charge in [-0.05, 0) is 48.6 Å². The molecule has 6 nitrogen and oxygen atoms in total. The number of nitrogens with one attached hydrogen (secondary N) is 1. The largest absolute Gasteiger partial charge is 0.371 e. The lowest BCUT2D eigenvalue weighted by Crippen LogP contribution is -2.34. The summed E-state index contributed by atoms with van der Waals surface area (Å²) in [5.74, 6) is 0.521. The topological polar surface area (TPSA) is 63.1 Å². The summed E-state index contributed by atoms with van der Waals surface area (Å²) in [6, 6.07) is 18.1. The van der Waals surface area contributed by atoms with Gasteiger partial charge in [0.05, 0.1) is 11.9 Å². The van der Waals surface area contributed by atoms with Gasteiger partial charge in [0.2, 0.25) is 0 Å². The fourth-order valence-electron chi connectivity index (χ4n) is 3.60. The molecule has 0 unspecified atom stereocenters. The van der Waals surface area contributed by atoms with Crippen LogP contribution in [0.3, 0.4) is 0 Å². The Balaban J connectivity index is 1.34. The Morgan fingerprint density at radius 1 is 1.11 bits per heavy atom. The number of aromatic nitrogens is 3. The lowest BCUT2D eigenvalue weighted by atomic mass is 9.99. The third-order valence-corrected chi connectivity index (χ3v) is 5.16. The maximum absolute atomic E-state index is 12.4. The summed E-state index contributed by atoms with van der Waals surface area (Å²) >= 11 is 0. The van der Waals surface area contributed by atoms with Gasteiger partial charge in [0.15, 0.2) is 5.69 Å². The molecule has 4 rings (SSSR count). The molecule has 1 amide bonds. The molecule has 28 heavy (non-hydrogen) atoms. The molecular weight excluding hydrogens is 350 g/mol. The van der Waals surface area contributed by atoms with Crippen LogP contribution in [0.5, 0.6) is 0 Å². The van der Waals surface area contributed by atoms with Crippen molar-refractivity contribution in [2.24, 2.45) is 5.92 Å². The Morgan fingerprint density at radius 2 is 1.89 bits per heavy atom. The monoisotopic (exact) mass is 375 g/mol. The first-order valence-corrected chi connectivity index (χ1v) is 9.79. The van der Waals surface area contributed by atoms with Crippen molar-refractivity contribution < 1.29 is 4.79 Å². The van der Waals surface area contributed by atoms with E-state index in [0.29, 0.717) is 12.2 Å². The number of para-hydroxylation sites is 1. The first kappa shape index (κ1) is 18.2. The van der Waals surface area contributed by atoms with Crippen LogP contribution in [0.15, 0.2) is 60.8 Å². The van der Waals surface area contributed by atoms with Crippen molar-refractivity contribution in [3.05, 3.63) is 72.1 Å². The highest BCUT2D eigenvalue weighted by Crippen LogP contribution is 2.23. The molecule has 1 atom stereocenters. The third-order valence-electron chi connectivity index (χ3n) is 5.16. The van der Waals surface area contributed by atoms with Crippen LogP contribution in [-0.2, 0) is 6.54 Å². The van der Waals surface area contributed by atoms with E-state index in [1.165, 1.54) is 18.5 Å². The predicted molar refractivity (Wildman–Crippen MR) is 110 cm³/mol. The van der Waals surface area contributed by atoms with Gasteiger partial charge in [-0.25, -0.2) is 4.68 Å². The zero-order chi connectivity index (χ0) is 19.3. The number of nitrogens with zero attached hydrogens (tertiary/aromatic N) is 4.